The quantitative estimate of drug-likeness (QED) is 0.104. The largest absolute Gasteiger partial charge is 0.361 e. The second-order valence-corrected chi connectivity index (χ2v) is 21.9. The molecule has 0 unspecified atom stereocenters. The minimum absolute atomic E-state index is 0.366. The highest BCUT2D eigenvalue weighted by atomic mass is 28.3. The van der Waals surface area contributed by atoms with E-state index in [2.05, 4.69) is 100 Å². The van der Waals surface area contributed by atoms with Crippen molar-refractivity contribution in [2.45, 2.75) is 109 Å². The predicted molar refractivity (Wildman–Crippen MR) is 202 cm³/mol. The van der Waals surface area contributed by atoms with Gasteiger partial charge in [0.25, 0.3) is 0 Å². The molecule has 13 nitrogen and oxygen atoms in total. The molecule has 6 aromatic rings. The van der Waals surface area contributed by atoms with Crippen molar-refractivity contribution in [3.8, 4) is 12.1 Å². The summed E-state index contributed by atoms with van der Waals surface area (Å²) in [4.78, 5) is 12.2. The first-order chi connectivity index (χ1) is 25.1. The number of nitrogens with one attached hydrogen (secondary N) is 1. The number of aromatic amines is 1. The second kappa shape index (κ2) is 15.1. The number of hydrogen-bond acceptors (Lipinski definition) is 9. The van der Waals surface area contributed by atoms with Gasteiger partial charge in [-0.05, 0) is 80.4 Å². The van der Waals surface area contributed by atoms with Gasteiger partial charge in [-0.3, -0.25) is 8.80 Å². The third kappa shape index (κ3) is 7.32. The van der Waals surface area contributed by atoms with E-state index in [4.69, 9.17) is 15.3 Å². The van der Waals surface area contributed by atoms with Crippen molar-refractivity contribution < 1.29 is 4.74 Å². The van der Waals surface area contributed by atoms with Gasteiger partial charge in [0.1, 0.15) is 18.4 Å². The number of nitrogens with zero attached hydrogens (tertiary/aromatic N) is 11. The van der Waals surface area contributed by atoms with Crippen molar-refractivity contribution in [2.75, 3.05) is 6.61 Å². The second-order valence-electron chi connectivity index (χ2n) is 16.3. The number of H-pyrrole nitrogens is 1. The van der Waals surface area contributed by atoms with Crippen LogP contribution in [0.5, 0.6) is 0 Å². The number of nitriles is 2. The van der Waals surface area contributed by atoms with E-state index >= 15 is 0 Å². The van der Waals surface area contributed by atoms with Gasteiger partial charge in [0.2, 0.25) is 0 Å². The van der Waals surface area contributed by atoms with Gasteiger partial charge in [-0.1, -0.05) is 33.5 Å². The number of fused-ring (bicyclic) bond motifs is 6. The Bertz CT molecular complexity index is 2230. The number of rotatable bonds is 11. The van der Waals surface area contributed by atoms with E-state index < -0.39 is 8.07 Å². The molecule has 1 N–H and O–H groups in total. The first-order valence-corrected chi connectivity index (χ1v) is 22.5. The van der Waals surface area contributed by atoms with E-state index in [0.717, 1.165) is 90.0 Å². The maximum absolute atomic E-state index is 8.93. The van der Waals surface area contributed by atoms with Crippen LogP contribution < -0.4 is 0 Å². The van der Waals surface area contributed by atoms with Crippen LogP contribution in [0.2, 0.25) is 25.7 Å². The van der Waals surface area contributed by atoms with E-state index in [1.165, 1.54) is 6.42 Å². The molecule has 6 atom stereocenters. The van der Waals surface area contributed by atoms with Crippen molar-refractivity contribution in [3.05, 3.63) is 48.6 Å². The summed E-state index contributed by atoms with van der Waals surface area (Å²) in [6.07, 6.45) is 15.3. The zero-order chi connectivity index (χ0) is 36.4. The zero-order valence-electron chi connectivity index (χ0n) is 31.0. The molecular formula is C38H50N12OSi. The Morgan fingerprint density at radius 3 is 2.00 bits per heavy atom. The van der Waals surface area contributed by atoms with Crippen LogP contribution in [0.4, 0.5) is 0 Å². The van der Waals surface area contributed by atoms with Crippen LogP contribution in [0, 0.1) is 46.3 Å². The summed E-state index contributed by atoms with van der Waals surface area (Å²) in [5.41, 5.74) is 5.43. The monoisotopic (exact) mass is 718 g/mol. The average molecular weight is 719 g/mol. The van der Waals surface area contributed by atoms with E-state index in [9.17, 15) is 0 Å². The molecule has 2 aliphatic rings. The Morgan fingerprint density at radius 1 is 0.808 bits per heavy atom. The summed E-state index contributed by atoms with van der Waals surface area (Å²) in [5, 5.41) is 35.5. The molecule has 52 heavy (non-hydrogen) atoms. The summed E-state index contributed by atoms with van der Waals surface area (Å²) in [6, 6.07) is 9.83. The van der Waals surface area contributed by atoms with Crippen LogP contribution in [0.15, 0.2) is 36.9 Å². The molecule has 0 radical (unpaired) electrons. The predicted octanol–water partition coefficient (Wildman–Crippen LogP) is 7.86. The van der Waals surface area contributed by atoms with Gasteiger partial charge in [0, 0.05) is 51.8 Å². The topological polar surface area (TPSA) is 164 Å². The summed E-state index contributed by atoms with van der Waals surface area (Å²) in [6.45, 7) is 13.0. The fraction of sp³-hybridized carbons (Fsp3) is 0.579. The lowest BCUT2D eigenvalue weighted by atomic mass is 9.97. The van der Waals surface area contributed by atoms with Gasteiger partial charge in [0.05, 0.1) is 35.6 Å². The third-order valence-electron chi connectivity index (χ3n) is 11.3. The molecule has 0 saturated heterocycles. The Hall–Kier alpha value is -4.66. The van der Waals surface area contributed by atoms with Gasteiger partial charge in [0.15, 0.2) is 22.6 Å². The average Bonchev–Trinajstić information content (AvgIpc) is 3.96. The first kappa shape index (κ1) is 35.7. The number of aromatic nitrogens is 10. The molecule has 0 spiro atoms. The molecule has 0 aromatic carbocycles. The lowest BCUT2D eigenvalue weighted by Crippen LogP contribution is -2.22. The minimum Gasteiger partial charge on any atom is -0.361 e. The number of ether oxygens (including phenoxy) is 1. The molecule has 0 aliphatic heterocycles. The SMILES string of the molecule is C[C@@H]1C[C@H](CCC#N)C[C@@H]1c1nnc2cnc3[nH]ccc3n12.C[C@@H]1C[C@H](CCC#N)C[C@@H]1c1nnc2cnc3c(ccn3COCC[Si](C)(C)C)n12. The normalized spacial score (nSPS) is 23.4. The van der Waals surface area contributed by atoms with Crippen LogP contribution in [-0.2, 0) is 11.5 Å². The van der Waals surface area contributed by atoms with Crippen LogP contribution >= 0.6 is 0 Å². The molecule has 0 amide bonds. The smallest absolute Gasteiger partial charge is 0.179 e. The van der Waals surface area contributed by atoms with Crippen molar-refractivity contribution in [1.29, 1.82) is 10.5 Å². The fourth-order valence-corrected chi connectivity index (χ4v) is 9.29. The minimum atomic E-state index is -1.09. The Kier molecular flexibility index (Phi) is 10.4. The van der Waals surface area contributed by atoms with Crippen molar-refractivity contribution in [3.63, 3.8) is 0 Å². The molecule has 6 heterocycles. The van der Waals surface area contributed by atoms with Crippen molar-refractivity contribution in [2.24, 2.45) is 23.7 Å². The van der Waals surface area contributed by atoms with Gasteiger partial charge in [-0.15, -0.1) is 20.4 Å². The van der Waals surface area contributed by atoms with Crippen molar-refractivity contribution >= 4 is 41.7 Å². The molecule has 0 bridgehead atoms. The van der Waals surface area contributed by atoms with Gasteiger partial charge < -0.3 is 14.3 Å². The highest BCUT2D eigenvalue weighted by molar-refractivity contribution is 6.76. The first-order valence-electron chi connectivity index (χ1n) is 18.8. The molecule has 272 valence electrons. The van der Waals surface area contributed by atoms with Gasteiger partial charge >= 0.3 is 0 Å². The van der Waals surface area contributed by atoms with Crippen LogP contribution in [0.25, 0.3) is 33.6 Å². The molecule has 2 saturated carbocycles. The molecule has 2 aliphatic carbocycles. The molecule has 8 rings (SSSR count). The summed E-state index contributed by atoms with van der Waals surface area (Å²) in [5.74, 6) is 5.16. The lowest BCUT2D eigenvalue weighted by molar-refractivity contribution is 0.0899. The standard InChI is InChI=1S/C22H32N6OSi.C16H18N6/c1-16-12-17(6-5-8-23)13-18(16)21-26-25-20-14-24-22-19(28(20)21)7-9-27(22)15-29-10-11-30(2,3)4;1-10-7-11(3-2-5-17)8-12(10)16-21-20-14-9-19-15-13(22(14)16)4-6-18-15/h7,9,14,16-18H,5-6,10-13,15H2,1-4H3;4,6,9-12,18H,2-3,7-8H2,1H3/t16-,17+,18+;10-,11+,12+/m11/s1. The lowest BCUT2D eigenvalue weighted by Gasteiger charge is -2.16. The molecule has 2 fully saturated rings. The van der Waals surface area contributed by atoms with Crippen LogP contribution in [0.1, 0.15) is 88.7 Å². The zero-order valence-corrected chi connectivity index (χ0v) is 32.0. The van der Waals surface area contributed by atoms with Gasteiger partial charge in [-0.2, -0.15) is 10.5 Å². The Labute approximate surface area is 305 Å². The Morgan fingerprint density at radius 2 is 1.40 bits per heavy atom. The number of hydrogen-bond donors (Lipinski definition) is 1. The van der Waals surface area contributed by atoms with E-state index in [1.54, 1.807) is 6.20 Å². The van der Waals surface area contributed by atoms with E-state index in [0.29, 0.717) is 55.1 Å². The maximum Gasteiger partial charge on any atom is 0.179 e. The summed E-state index contributed by atoms with van der Waals surface area (Å²) in [7, 11) is -1.09. The molecule has 6 aromatic heterocycles. The highest BCUT2D eigenvalue weighted by Gasteiger charge is 2.36. The van der Waals surface area contributed by atoms with Crippen LogP contribution in [0.3, 0.4) is 0 Å². The Balaban J connectivity index is 0.000000169. The van der Waals surface area contributed by atoms with Gasteiger partial charge in [-0.25, -0.2) is 9.97 Å². The third-order valence-corrected chi connectivity index (χ3v) is 13.0. The molecular weight excluding hydrogens is 669 g/mol. The molecule has 14 heteroatoms. The fourth-order valence-electron chi connectivity index (χ4n) is 8.53. The highest BCUT2D eigenvalue weighted by Crippen LogP contribution is 2.45. The van der Waals surface area contributed by atoms with Crippen LogP contribution in [-0.4, -0.2) is 63.4 Å². The van der Waals surface area contributed by atoms with Crippen molar-refractivity contribution in [1.82, 2.24) is 48.7 Å². The maximum atomic E-state index is 8.93. The summed E-state index contributed by atoms with van der Waals surface area (Å²) < 4.78 is 12.3. The summed E-state index contributed by atoms with van der Waals surface area (Å²) >= 11 is 0. The van der Waals surface area contributed by atoms with E-state index in [1.807, 2.05) is 24.7 Å². The van der Waals surface area contributed by atoms with E-state index in [-0.39, 0.29) is 0 Å².